The van der Waals surface area contributed by atoms with E-state index in [1.807, 2.05) is 12.1 Å². The summed E-state index contributed by atoms with van der Waals surface area (Å²) < 4.78 is 14.9. The summed E-state index contributed by atoms with van der Waals surface area (Å²) >= 11 is 3.48. The minimum atomic E-state index is -0.370. The molecule has 116 valence electrons. The van der Waals surface area contributed by atoms with Crippen molar-refractivity contribution in [2.75, 3.05) is 17.6 Å². The molecule has 0 spiro atoms. The van der Waals surface area contributed by atoms with Crippen molar-refractivity contribution >= 4 is 27.3 Å². The zero-order chi connectivity index (χ0) is 15.7. The lowest BCUT2D eigenvalue weighted by Crippen LogP contribution is -2.06. The van der Waals surface area contributed by atoms with Crippen molar-refractivity contribution in [3.8, 4) is 11.1 Å². The Kier molecular flexibility index (Phi) is 4.36. The van der Waals surface area contributed by atoms with E-state index < -0.39 is 0 Å². The van der Waals surface area contributed by atoms with E-state index in [1.54, 1.807) is 12.1 Å². The first-order valence-electron chi connectivity index (χ1n) is 7.31. The first-order valence-corrected chi connectivity index (χ1v) is 8.11. The third-order valence-electron chi connectivity index (χ3n) is 3.96. The summed E-state index contributed by atoms with van der Waals surface area (Å²) in [6.45, 7) is 0.750. The maximum absolute atomic E-state index is 14.2. The standard InChI is InChI=1S/C17H18BrFN2O/c18-16-13(12-4-3-11(9-22)7-14(12)19)5-6-15(17(16)20)21-8-10-1-2-10/h3-7,10,21-22H,1-2,8-9,20H2. The van der Waals surface area contributed by atoms with Crippen LogP contribution in [0, 0.1) is 11.7 Å². The van der Waals surface area contributed by atoms with Crippen LogP contribution < -0.4 is 11.1 Å². The third kappa shape index (κ3) is 3.10. The van der Waals surface area contributed by atoms with Crippen molar-refractivity contribution < 1.29 is 9.50 Å². The minimum absolute atomic E-state index is 0.176. The summed E-state index contributed by atoms with van der Waals surface area (Å²) in [6, 6.07) is 8.46. The average molecular weight is 365 g/mol. The molecule has 0 aliphatic heterocycles. The van der Waals surface area contributed by atoms with Gasteiger partial charge in [-0.1, -0.05) is 18.2 Å². The molecule has 0 radical (unpaired) electrons. The smallest absolute Gasteiger partial charge is 0.131 e. The first-order chi connectivity index (χ1) is 10.6. The molecule has 0 bridgehead atoms. The lowest BCUT2D eigenvalue weighted by molar-refractivity contribution is 0.281. The molecule has 1 fully saturated rings. The Morgan fingerprint density at radius 2 is 1.95 bits per heavy atom. The molecule has 22 heavy (non-hydrogen) atoms. The van der Waals surface area contributed by atoms with Crippen molar-refractivity contribution in [1.29, 1.82) is 0 Å². The molecule has 0 atom stereocenters. The van der Waals surface area contributed by atoms with Gasteiger partial charge in [0.2, 0.25) is 0 Å². The molecule has 0 unspecified atom stereocenters. The van der Waals surface area contributed by atoms with Gasteiger partial charge in [-0.05, 0) is 52.4 Å². The number of hydrogen-bond acceptors (Lipinski definition) is 3. The molecule has 2 aromatic rings. The van der Waals surface area contributed by atoms with Gasteiger partial charge in [0.1, 0.15) is 5.82 Å². The van der Waals surface area contributed by atoms with Crippen LogP contribution in [-0.4, -0.2) is 11.7 Å². The zero-order valence-corrected chi connectivity index (χ0v) is 13.7. The molecule has 1 aliphatic rings. The van der Waals surface area contributed by atoms with Crippen LogP contribution in [0.15, 0.2) is 34.8 Å². The van der Waals surface area contributed by atoms with E-state index in [1.165, 1.54) is 18.9 Å². The number of hydrogen-bond donors (Lipinski definition) is 3. The van der Waals surface area contributed by atoms with E-state index >= 15 is 0 Å². The van der Waals surface area contributed by atoms with Gasteiger partial charge < -0.3 is 16.2 Å². The highest BCUT2D eigenvalue weighted by atomic mass is 79.9. The lowest BCUT2D eigenvalue weighted by Gasteiger charge is -2.14. The monoisotopic (exact) mass is 364 g/mol. The molecule has 2 aromatic carbocycles. The van der Waals surface area contributed by atoms with Crippen LogP contribution in [0.25, 0.3) is 11.1 Å². The molecule has 4 N–H and O–H groups in total. The molecular weight excluding hydrogens is 347 g/mol. The van der Waals surface area contributed by atoms with Crippen molar-refractivity contribution in [1.82, 2.24) is 0 Å². The van der Waals surface area contributed by atoms with Gasteiger partial charge in [0.15, 0.2) is 0 Å². The molecule has 5 heteroatoms. The highest BCUT2D eigenvalue weighted by Crippen LogP contribution is 2.39. The fraction of sp³-hybridized carbons (Fsp3) is 0.294. The Labute approximate surface area is 137 Å². The van der Waals surface area contributed by atoms with Gasteiger partial charge in [-0.25, -0.2) is 4.39 Å². The topological polar surface area (TPSA) is 58.3 Å². The van der Waals surface area contributed by atoms with Crippen LogP contribution >= 0.6 is 15.9 Å². The average Bonchev–Trinajstić information content (AvgIpc) is 3.33. The molecule has 3 nitrogen and oxygen atoms in total. The molecule has 1 saturated carbocycles. The number of nitrogens with one attached hydrogen (secondary N) is 1. The highest BCUT2D eigenvalue weighted by molar-refractivity contribution is 9.10. The van der Waals surface area contributed by atoms with E-state index in [4.69, 9.17) is 10.8 Å². The maximum Gasteiger partial charge on any atom is 0.131 e. The summed E-state index contributed by atoms with van der Waals surface area (Å²) in [5.41, 5.74) is 9.34. The van der Waals surface area contributed by atoms with Crippen LogP contribution in [-0.2, 0) is 6.61 Å². The van der Waals surface area contributed by atoms with Crippen molar-refractivity contribution in [2.24, 2.45) is 5.92 Å². The Hall–Kier alpha value is -1.59. The molecular formula is C17H18BrFN2O. The number of anilines is 2. The molecule has 3 rings (SSSR count). The highest BCUT2D eigenvalue weighted by Gasteiger charge is 2.21. The Morgan fingerprint density at radius 1 is 1.23 bits per heavy atom. The predicted octanol–water partition coefficient (Wildman–Crippen LogP) is 4.15. The van der Waals surface area contributed by atoms with E-state index in [2.05, 4.69) is 21.2 Å². The summed E-state index contributed by atoms with van der Waals surface area (Å²) in [5.74, 6) is 0.381. The Balaban J connectivity index is 1.92. The summed E-state index contributed by atoms with van der Waals surface area (Å²) in [5, 5.41) is 12.4. The second kappa shape index (κ2) is 6.26. The normalized spacial score (nSPS) is 14.1. The summed E-state index contributed by atoms with van der Waals surface area (Å²) in [7, 11) is 0. The first kappa shape index (κ1) is 15.3. The van der Waals surface area contributed by atoms with Crippen LogP contribution in [0.2, 0.25) is 0 Å². The van der Waals surface area contributed by atoms with Gasteiger partial charge in [-0.15, -0.1) is 0 Å². The van der Waals surface area contributed by atoms with Crippen LogP contribution in [0.4, 0.5) is 15.8 Å². The van der Waals surface area contributed by atoms with Gasteiger partial charge >= 0.3 is 0 Å². The lowest BCUT2D eigenvalue weighted by atomic mass is 10.0. The summed E-state index contributed by atoms with van der Waals surface area (Å²) in [6.07, 6.45) is 2.54. The largest absolute Gasteiger partial charge is 0.396 e. The molecule has 0 saturated heterocycles. The van der Waals surface area contributed by atoms with Crippen molar-refractivity contribution in [2.45, 2.75) is 19.4 Å². The molecule has 0 aromatic heterocycles. The van der Waals surface area contributed by atoms with E-state index in [-0.39, 0.29) is 12.4 Å². The number of halogens is 2. The number of aliphatic hydroxyl groups excluding tert-OH is 1. The number of nitrogen functional groups attached to an aromatic ring is 1. The fourth-order valence-corrected chi connectivity index (χ4v) is 2.97. The van der Waals surface area contributed by atoms with E-state index in [9.17, 15) is 4.39 Å². The second-order valence-electron chi connectivity index (χ2n) is 5.68. The minimum Gasteiger partial charge on any atom is -0.396 e. The van der Waals surface area contributed by atoms with Gasteiger partial charge in [-0.2, -0.15) is 0 Å². The Morgan fingerprint density at radius 3 is 2.59 bits per heavy atom. The van der Waals surface area contributed by atoms with Crippen LogP contribution in [0.5, 0.6) is 0 Å². The maximum atomic E-state index is 14.2. The number of nitrogens with two attached hydrogens (primary N) is 1. The SMILES string of the molecule is Nc1c(NCC2CC2)ccc(-c2ccc(CO)cc2F)c1Br. The van der Waals surface area contributed by atoms with Crippen molar-refractivity contribution in [3.05, 3.63) is 46.2 Å². The van der Waals surface area contributed by atoms with Gasteiger partial charge in [0, 0.05) is 17.7 Å². The van der Waals surface area contributed by atoms with Gasteiger partial charge in [0.05, 0.1) is 22.5 Å². The number of rotatable bonds is 5. The zero-order valence-electron chi connectivity index (χ0n) is 12.1. The Bertz CT molecular complexity index is 701. The second-order valence-corrected chi connectivity index (χ2v) is 6.48. The van der Waals surface area contributed by atoms with Gasteiger partial charge in [-0.3, -0.25) is 0 Å². The van der Waals surface area contributed by atoms with Crippen LogP contribution in [0.1, 0.15) is 18.4 Å². The fourth-order valence-electron chi connectivity index (χ4n) is 2.41. The molecule has 1 aliphatic carbocycles. The van der Waals surface area contributed by atoms with E-state index in [0.29, 0.717) is 26.9 Å². The van der Waals surface area contributed by atoms with Crippen molar-refractivity contribution in [3.63, 3.8) is 0 Å². The number of aliphatic hydroxyl groups is 1. The number of benzene rings is 2. The van der Waals surface area contributed by atoms with Crippen LogP contribution in [0.3, 0.4) is 0 Å². The third-order valence-corrected chi connectivity index (χ3v) is 4.82. The predicted molar refractivity (Wildman–Crippen MR) is 91.1 cm³/mol. The summed E-state index contributed by atoms with van der Waals surface area (Å²) in [4.78, 5) is 0. The molecule has 0 heterocycles. The van der Waals surface area contributed by atoms with Gasteiger partial charge in [0.25, 0.3) is 0 Å². The van der Waals surface area contributed by atoms with E-state index in [0.717, 1.165) is 18.2 Å². The molecule has 0 amide bonds. The quantitative estimate of drug-likeness (QED) is 0.698.